The highest BCUT2D eigenvalue weighted by atomic mass is 16.5. The van der Waals surface area contributed by atoms with Crippen LogP contribution in [0.2, 0.25) is 0 Å². The molecule has 11 nitrogen and oxygen atoms in total. The lowest BCUT2D eigenvalue weighted by Gasteiger charge is -2.26. The van der Waals surface area contributed by atoms with E-state index >= 15 is 0 Å². The lowest BCUT2D eigenvalue weighted by molar-refractivity contribution is 0.242. The molecule has 2 aromatic heterocycles. The van der Waals surface area contributed by atoms with Crippen LogP contribution < -0.4 is 29.2 Å². The fourth-order valence-corrected chi connectivity index (χ4v) is 4.88. The summed E-state index contributed by atoms with van der Waals surface area (Å²) in [5.41, 5.74) is 1.52. The lowest BCUT2D eigenvalue weighted by Crippen LogP contribution is -2.33. The first-order valence-electron chi connectivity index (χ1n) is 12.9. The highest BCUT2D eigenvalue weighted by Gasteiger charge is 2.27. The van der Waals surface area contributed by atoms with Gasteiger partial charge in [0.05, 0.1) is 57.5 Å². The molecule has 1 fully saturated rings. The third-order valence-corrected chi connectivity index (χ3v) is 6.65. The van der Waals surface area contributed by atoms with Crippen molar-refractivity contribution in [1.29, 1.82) is 0 Å². The molecule has 0 spiro atoms. The zero-order valence-electron chi connectivity index (χ0n) is 22.8. The molecule has 2 aromatic carbocycles. The van der Waals surface area contributed by atoms with Gasteiger partial charge in [0, 0.05) is 30.1 Å². The van der Waals surface area contributed by atoms with Crippen LogP contribution in [-0.4, -0.2) is 71.3 Å². The number of rotatable bonds is 10. The average Bonchev–Trinajstić information content (AvgIpc) is 3.61. The molecule has 0 aliphatic carbocycles. The third kappa shape index (κ3) is 5.35. The molecule has 4 aromatic rings. The van der Waals surface area contributed by atoms with E-state index in [4.69, 9.17) is 28.9 Å². The van der Waals surface area contributed by atoms with Crippen molar-refractivity contribution >= 4 is 28.5 Å². The number of hydrogen-bond donors (Lipinski definition) is 2. The quantitative estimate of drug-likeness (QED) is 0.304. The van der Waals surface area contributed by atoms with Gasteiger partial charge in [0.1, 0.15) is 17.9 Å². The van der Waals surface area contributed by atoms with Crippen LogP contribution in [0.4, 0.5) is 17.6 Å². The van der Waals surface area contributed by atoms with E-state index in [1.165, 1.54) is 0 Å². The van der Waals surface area contributed by atoms with E-state index in [0.29, 0.717) is 29.0 Å². The smallest absolute Gasteiger partial charge is 0.230 e. The van der Waals surface area contributed by atoms with E-state index in [1.54, 1.807) is 27.7 Å². The molecule has 1 atom stereocenters. The Balaban J connectivity index is 1.51. The summed E-state index contributed by atoms with van der Waals surface area (Å²) in [6.07, 6.45) is 5.46. The summed E-state index contributed by atoms with van der Waals surface area (Å²) >= 11 is 0. The molecular weight excluding hydrogens is 500 g/mol. The van der Waals surface area contributed by atoms with E-state index < -0.39 is 0 Å². The maximum Gasteiger partial charge on any atom is 0.230 e. The fraction of sp³-hybridized carbons (Fsp3) is 0.393. The Hall–Kier alpha value is -4.25. The van der Waals surface area contributed by atoms with Gasteiger partial charge in [-0.3, -0.25) is 0 Å². The highest BCUT2D eigenvalue weighted by Crippen LogP contribution is 2.39. The van der Waals surface area contributed by atoms with Gasteiger partial charge < -0.3 is 38.8 Å². The van der Waals surface area contributed by atoms with Crippen LogP contribution in [0.3, 0.4) is 0 Å². The SMILES string of the molecule is COc1cc(-n2cnc(Nc3nc(N4CCCC4CO)c4ccc(OC(C)C)cc4n3)c2)cc(OC)c1OC. The zero-order valence-corrected chi connectivity index (χ0v) is 22.8. The summed E-state index contributed by atoms with van der Waals surface area (Å²) in [5.74, 6) is 4.08. The van der Waals surface area contributed by atoms with Crippen molar-refractivity contribution in [3.63, 3.8) is 0 Å². The van der Waals surface area contributed by atoms with Gasteiger partial charge in [-0.15, -0.1) is 0 Å². The van der Waals surface area contributed by atoms with Crippen molar-refractivity contribution in [1.82, 2.24) is 19.5 Å². The number of aliphatic hydroxyl groups is 1. The number of nitrogens with one attached hydrogen (secondary N) is 1. The number of fused-ring (bicyclic) bond motifs is 1. The number of imidazole rings is 1. The summed E-state index contributed by atoms with van der Waals surface area (Å²) in [4.78, 5) is 16.3. The standard InChI is InChI=1S/C28H34N6O5/c1-17(2)39-20-8-9-21-22(13-20)30-28(32-27(21)34-10-6-7-18(34)15-35)31-25-14-33(16-29-25)19-11-23(36-3)26(38-5)24(12-19)37-4/h8-9,11-14,16-18,35H,6-7,10,15H2,1-5H3,(H,30,31,32). The molecule has 1 saturated heterocycles. The van der Waals surface area contributed by atoms with Gasteiger partial charge in [-0.05, 0) is 38.8 Å². The normalized spacial score (nSPS) is 15.2. The molecule has 39 heavy (non-hydrogen) atoms. The number of aromatic nitrogens is 4. The summed E-state index contributed by atoms with van der Waals surface area (Å²) in [7, 11) is 4.73. The number of nitrogens with zero attached hydrogens (tertiary/aromatic N) is 5. The second-order valence-corrected chi connectivity index (χ2v) is 9.56. The predicted octanol–water partition coefficient (Wildman–Crippen LogP) is 4.33. The Bertz CT molecular complexity index is 1430. The summed E-state index contributed by atoms with van der Waals surface area (Å²) < 4.78 is 24.2. The third-order valence-electron chi connectivity index (χ3n) is 6.65. The Kier molecular flexibility index (Phi) is 7.60. The first kappa shape index (κ1) is 26.4. The van der Waals surface area contributed by atoms with Crippen LogP contribution >= 0.6 is 0 Å². The molecule has 0 amide bonds. The van der Waals surface area contributed by atoms with E-state index in [9.17, 15) is 5.11 Å². The number of ether oxygens (including phenoxy) is 4. The molecular formula is C28H34N6O5. The minimum atomic E-state index is 0.0155. The van der Waals surface area contributed by atoms with Gasteiger partial charge in [-0.1, -0.05) is 0 Å². The van der Waals surface area contributed by atoms with Crippen LogP contribution in [0.1, 0.15) is 26.7 Å². The van der Waals surface area contributed by atoms with Crippen molar-refractivity contribution < 1.29 is 24.1 Å². The Morgan fingerprint density at radius 2 is 1.82 bits per heavy atom. The van der Waals surface area contributed by atoms with Crippen LogP contribution in [0.15, 0.2) is 42.9 Å². The molecule has 1 aliphatic heterocycles. The molecule has 1 unspecified atom stereocenters. The highest BCUT2D eigenvalue weighted by molar-refractivity contribution is 5.92. The molecule has 2 N–H and O–H groups in total. The number of hydrogen-bond acceptors (Lipinski definition) is 10. The van der Waals surface area contributed by atoms with E-state index in [2.05, 4.69) is 15.2 Å². The molecule has 1 aliphatic rings. The summed E-state index contributed by atoms with van der Waals surface area (Å²) in [6, 6.07) is 9.54. The number of benzene rings is 2. The molecule has 206 valence electrons. The monoisotopic (exact) mass is 534 g/mol. The Morgan fingerprint density at radius 1 is 1.05 bits per heavy atom. The van der Waals surface area contributed by atoms with Gasteiger partial charge in [0.2, 0.25) is 11.7 Å². The van der Waals surface area contributed by atoms with E-state index in [-0.39, 0.29) is 18.8 Å². The molecule has 0 radical (unpaired) electrons. The van der Waals surface area contributed by atoms with Crippen molar-refractivity contribution in [3.8, 4) is 28.7 Å². The largest absolute Gasteiger partial charge is 0.493 e. The van der Waals surface area contributed by atoms with E-state index in [1.807, 2.05) is 54.9 Å². The maximum atomic E-state index is 9.98. The predicted molar refractivity (Wildman–Crippen MR) is 149 cm³/mol. The summed E-state index contributed by atoms with van der Waals surface area (Å²) in [6.45, 7) is 4.87. The lowest BCUT2D eigenvalue weighted by atomic mass is 10.2. The van der Waals surface area contributed by atoms with Gasteiger partial charge in [-0.2, -0.15) is 4.98 Å². The van der Waals surface area contributed by atoms with Crippen molar-refractivity contribution in [2.24, 2.45) is 0 Å². The molecule has 5 rings (SSSR count). The molecule has 3 heterocycles. The van der Waals surface area contributed by atoms with Crippen LogP contribution in [0.5, 0.6) is 23.0 Å². The minimum Gasteiger partial charge on any atom is -0.493 e. The molecule has 11 heteroatoms. The Labute approximate surface area is 227 Å². The number of aliphatic hydroxyl groups excluding tert-OH is 1. The first-order chi connectivity index (χ1) is 18.9. The topological polar surface area (TPSA) is 116 Å². The second kappa shape index (κ2) is 11.2. The molecule has 0 saturated carbocycles. The first-order valence-corrected chi connectivity index (χ1v) is 12.9. The average molecular weight is 535 g/mol. The van der Waals surface area contributed by atoms with Crippen molar-refractivity contribution in [3.05, 3.63) is 42.9 Å². The number of methoxy groups -OCH3 is 3. The van der Waals surface area contributed by atoms with Crippen LogP contribution in [0.25, 0.3) is 16.6 Å². The van der Waals surface area contributed by atoms with Gasteiger partial charge in [0.15, 0.2) is 17.3 Å². The molecule has 0 bridgehead atoms. The summed E-state index contributed by atoms with van der Waals surface area (Å²) in [5, 5.41) is 14.1. The maximum absolute atomic E-state index is 9.98. The van der Waals surface area contributed by atoms with Gasteiger partial charge in [-0.25, -0.2) is 9.97 Å². The van der Waals surface area contributed by atoms with Crippen LogP contribution in [0, 0.1) is 0 Å². The minimum absolute atomic E-state index is 0.0155. The van der Waals surface area contributed by atoms with Gasteiger partial charge in [0.25, 0.3) is 0 Å². The number of anilines is 3. The van der Waals surface area contributed by atoms with Gasteiger partial charge >= 0.3 is 0 Å². The van der Waals surface area contributed by atoms with Crippen molar-refractivity contribution in [2.75, 3.05) is 44.7 Å². The van der Waals surface area contributed by atoms with Crippen molar-refractivity contribution in [2.45, 2.75) is 38.8 Å². The van der Waals surface area contributed by atoms with Crippen LogP contribution in [-0.2, 0) is 0 Å². The zero-order chi connectivity index (χ0) is 27.5. The van der Waals surface area contributed by atoms with E-state index in [0.717, 1.165) is 47.5 Å². The fourth-order valence-electron chi connectivity index (χ4n) is 4.88. The second-order valence-electron chi connectivity index (χ2n) is 9.56. The Morgan fingerprint density at radius 3 is 2.49 bits per heavy atom.